The molecule has 3 aromatic rings. The molecule has 0 aliphatic rings. The van der Waals surface area contributed by atoms with Gasteiger partial charge in [-0.3, -0.25) is 0 Å². The lowest BCUT2D eigenvalue weighted by Crippen LogP contribution is -2.13. The topological polar surface area (TPSA) is 39.7 Å². The molecule has 0 atom stereocenters. The van der Waals surface area contributed by atoms with Crippen LogP contribution in [0.25, 0.3) is 0 Å². The Morgan fingerprint density at radius 1 is 0.833 bits per heavy atom. The first-order chi connectivity index (χ1) is 14.5. The van der Waals surface area contributed by atoms with Gasteiger partial charge in [-0.05, 0) is 47.5 Å². The lowest BCUT2D eigenvalue weighted by Gasteiger charge is -2.15. The Hall–Kier alpha value is -1.92. The summed E-state index contributed by atoms with van der Waals surface area (Å²) in [5.74, 6) is 2.14. The molecular formula is C23H22BrCl2NO3. The Kier molecular flexibility index (Phi) is 8.28. The number of halogens is 3. The van der Waals surface area contributed by atoms with Crippen molar-refractivity contribution in [3.05, 3.63) is 85.8 Å². The number of ether oxygens (including phenoxy) is 3. The molecule has 0 unspecified atom stereocenters. The molecule has 0 aromatic heterocycles. The average Bonchev–Trinajstić information content (AvgIpc) is 2.75. The van der Waals surface area contributed by atoms with Crippen molar-refractivity contribution in [2.45, 2.75) is 19.7 Å². The molecule has 0 saturated carbocycles. The van der Waals surface area contributed by atoms with Crippen LogP contribution in [0.3, 0.4) is 0 Å². The highest BCUT2D eigenvalue weighted by molar-refractivity contribution is 9.10. The zero-order valence-electron chi connectivity index (χ0n) is 16.7. The van der Waals surface area contributed by atoms with Crippen molar-refractivity contribution in [3.63, 3.8) is 0 Å². The number of rotatable bonds is 9. The molecule has 30 heavy (non-hydrogen) atoms. The summed E-state index contributed by atoms with van der Waals surface area (Å²) in [6, 6.07) is 17.2. The standard InChI is InChI=1S/C23H22BrCl2NO3/c1-28-19-7-3-15(4-8-19)12-27-13-17-9-22(29-2)23(11-20(17)24)30-14-16-5-6-18(25)10-21(16)26/h3-11,27H,12-14H2,1-2H3. The normalized spacial score (nSPS) is 10.7. The van der Waals surface area contributed by atoms with Crippen molar-refractivity contribution in [2.75, 3.05) is 14.2 Å². The summed E-state index contributed by atoms with van der Waals surface area (Å²) in [4.78, 5) is 0. The highest BCUT2D eigenvalue weighted by Crippen LogP contribution is 2.34. The molecule has 3 rings (SSSR count). The largest absolute Gasteiger partial charge is 0.497 e. The second-order valence-electron chi connectivity index (χ2n) is 6.57. The molecule has 0 aliphatic carbocycles. The Morgan fingerprint density at radius 2 is 1.60 bits per heavy atom. The van der Waals surface area contributed by atoms with Gasteiger partial charge in [0.15, 0.2) is 11.5 Å². The van der Waals surface area contributed by atoms with Gasteiger partial charge in [0, 0.05) is 33.2 Å². The van der Waals surface area contributed by atoms with Gasteiger partial charge in [0.1, 0.15) is 12.4 Å². The zero-order chi connectivity index (χ0) is 21.5. The minimum atomic E-state index is 0.313. The van der Waals surface area contributed by atoms with Crippen molar-refractivity contribution in [2.24, 2.45) is 0 Å². The van der Waals surface area contributed by atoms with Gasteiger partial charge in [-0.2, -0.15) is 0 Å². The maximum atomic E-state index is 6.23. The van der Waals surface area contributed by atoms with Crippen LogP contribution in [0.2, 0.25) is 10.0 Å². The second-order valence-corrected chi connectivity index (χ2v) is 8.27. The third-order valence-electron chi connectivity index (χ3n) is 4.53. The SMILES string of the molecule is COc1ccc(CNCc2cc(OC)c(OCc3ccc(Cl)cc3Cl)cc2Br)cc1. The van der Waals surface area contributed by atoms with E-state index in [-0.39, 0.29) is 0 Å². The molecule has 0 amide bonds. The van der Waals surface area contributed by atoms with Crippen LogP contribution >= 0.6 is 39.1 Å². The molecule has 0 spiro atoms. The number of benzene rings is 3. The highest BCUT2D eigenvalue weighted by Gasteiger charge is 2.12. The lowest BCUT2D eigenvalue weighted by molar-refractivity contribution is 0.284. The molecule has 1 N–H and O–H groups in total. The van der Waals surface area contributed by atoms with Gasteiger partial charge in [-0.15, -0.1) is 0 Å². The first-order valence-electron chi connectivity index (χ1n) is 9.27. The zero-order valence-corrected chi connectivity index (χ0v) is 19.8. The van der Waals surface area contributed by atoms with E-state index in [0.717, 1.165) is 27.9 Å². The number of methoxy groups -OCH3 is 2. The summed E-state index contributed by atoms with van der Waals surface area (Å²) < 4.78 is 17.6. The van der Waals surface area contributed by atoms with Gasteiger partial charge in [0.05, 0.1) is 14.2 Å². The Bertz CT molecular complexity index is 996. The van der Waals surface area contributed by atoms with E-state index in [0.29, 0.717) is 34.7 Å². The van der Waals surface area contributed by atoms with E-state index in [1.54, 1.807) is 26.4 Å². The van der Waals surface area contributed by atoms with E-state index in [1.165, 1.54) is 5.56 Å². The fourth-order valence-electron chi connectivity index (χ4n) is 2.86. The van der Waals surface area contributed by atoms with Crippen LogP contribution in [-0.4, -0.2) is 14.2 Å². The molecular weight excluding hydrogens is 489 g/mol. The molecule has 158 valence electrons. The van der Waals surface area contributed by atoms with Crippen molar-refractivity contribution in [1.82, 2.24) is 5.32 Å². The number of nitrogens with one attached hydrogen (secondary N) is 1. The smallest absolute Gasteiger partial charge is 0.162 e. The molecule has 0 heterocycles. The predicted molar refractivity (Wildman–Crippen MR) is 125 cm³/mol. The van der Waals surface area contributed by atoms with Crippen LogP contribution in [0, 0.1) is 0 Å². The highest BCUT2D eigenvalue weighted by atomic mass is 79.9. The Labute approximate surface area is 195 Å². The van der Waals surface area contributed by atoms with E-state index in [2.05, 4.69) is 21.2 Å². The quantitative estimate of drug-likeness (QED) is 0.350. The summed E-state index contributed by atoms with van der Waals surface area (Å²) >= 11 is 15.8. The summed E-state index contributed by atoms with van der Waals surface area (Å²) in [6.45, 7) is 1.73. The molecule has 0 fully saturated rings. The molecule has 0 aliphatic heterocycles. The minimum Gasteiger partial charge on any atom is -0.497 e. The Morgan fingerprint density at radius 3 is 2.27 bits per heavy atom. The molecule has 7 heteroatoms. The van der Waals surface area contributed by atoms with Crippen LogP contribution in [0.15, 0.2) is 59.1 Å². The maximum absolute atomic E-state index is 6.23. The van der Waals surface area contributed by atoms with E-state index < -0.39 is 0 Å². The maximum Gasteiger partial charge on any atom is 0.162 e. The Balaban J connectivity index is 1.63. The second kappa shape index (κ2) is 10.9. The molecule has 0 bridgehead atoms. The van der Waals surface area contributed by atoms with Gasteiger partial charge >= 0.3 is 0 Å². The lowest BCUT2D eigenvalue weighted by atomic mass is 10.1. The molecule has 0 saturated heterocycles. The summed E-state index contributed by atoms with van der Waals surface area (Å²) in [5, 5.41) is 4.60. The van der Waals surface area contributed by atoms with Crippen molar-refractivity contribution < 1.29 is 14.2 Å². The molecule has 4 nitrogen and oxygen atoms in total. The predicted octanol–water partition coefficient (Wildman–Crippen LogP) is 6.64. The number of hydrogen-bond acceptors (Lipinski definition) is 4. The van der Waals surface area contributed by atoms with E-state index in [9.17, 15) is 0 Å². The summed E-state index contributed by atoms with van der Waals surface area (Å²) in [7, 11) is 3.29. The average molecular weight is 511 g/mol. The van der Waals surface area contributed by atoms with E-state index >= 15 is 0 Å². The first-order valence-corrected chi connectivity index (χ1v) is 10.8. The number of hydrogen-bond donors (Lipinski definition) is 1. The van der Waals surface area contributed by atoms with E-state index in [4.69, 9.17) is 37.4 Å². The van der Waals surface area contributed by atoms with Crippen molar-refractivity contribution >= 4 is 39.1 Å². The first kappa shape index (κ1) is 22.8. The fourth-order valence-corrected chi connectivity index (χ4v) is 3.79. The van der Waals surface area contributed by atoms with Crippen molar-refractivity contribution in [1.29, 1.82) is 0 Å². The van der Waals surface area contributed by atoms with Crippen LogP contribution in [0.1, 0.15) is 16.7 Å². The van der Waals surface area contributed by atoms with Gasteiger partial charge in [-0.25, -0.2) is 0 Å². The van der Waals surface area contributed by atoms with Crippen LogP contribution in [-0.2, 0) is 19.7 Å². The van der Waals surface area contributed by atoms with Gasteiger partial charge in [0.25, 0.3) is 0 Å². The van der Waals surface area contributed by atoms with E-state index in [1.807, 2.05) is 42.5 Å². The van der Waals surface area contributed by atoms with Gasteiger partial charge in [-0.1, -0.05) is 57.3 Å². The van der Waals surface area contributed by atoms with Gasteiger partial charge < -0.3 is 19.5 Å². The van der Waals surface area contributed by atoms with Crippen LogP contribution in [0.4, 0.5) is 0 Å². The molecule has 0 radical (unpaired) electrons. The van der Waals surface area contributed by atoms with Crippen LogP contribution in [0.5, 0.6) is 17.2 Å². The summed E-state index contributed by atoms with van der Waals surface area (Å²) in [6.07, 6.45) is 0. The monoisotopic (exact) mass is 509 g/mol. The van der Waals surface area contributed by atoms with Gasteiger partial charge in [0.2, 0.25) is 0 Å². The third-order valence-corrected chi connectivity index (χ3v) is 5.86. The summed E-state index contributed by atoms with van der Waals surface area (Å²) in [5.41, 5.74) is 3.10. The van der Waals surface area contributed by atoms with Crippen LogP contribution < -0.4 is 19.5 Å². The van der Waals surface area contributed by atoms with Crippen molar-refractivity contribution in [3.8, 4) is 17.2 Å². The minimum absolute atomic E-state index is 0.313. The fraction of sp³-hybridized carbons (Fsp3) is 0.217. The third kappa shape index (κ3) is 6.05. The molecule has 3 aromatic carbocycles.